The standard InChI is InChI=1S/C9H15N/c1-6-5-7(2)10-9(4)8(6)3/h5,8-9H,1-4H3/t8-,9?/m0/s1. The molecule has 0 amide bonds. The lowest BCUT2D eigenvalue weighted by Crippen LogP contribution is -2.18. The third-order valence-corrected chi connectivity index (χ3v) is 2.29. The van der Waals surface area contributed by atoms with Crippen molar-refractivity contribution in [1.29, 1.82) is 0 Å². The fourth-order valence-electron chi connectivity index (χ4n) is 1.31. The van der Waals surface area contributed by atoms with Gasteiger partial charge in [0.05, 0.1) is 6.04 Å². The lowest BCUT2D eigenvalue weighted by Gasteiger charge is -2.21. The molecule has 0 aromatic carbocycles. The highest BCUT2D eigenvalue weighted by Gasteiger charge is 2.16. The average molecular weight is 137 g/mol. The molecular formula is C9H15N. The largest absolute Gasteiger partial charge is 0.286 e. The lowest BCUT2D eigenvalue weighted by molar-refractivity contribution is 0.549. The van der Waals surface area contributed by atoms with E-state index in [4.69, 9.17) is 0 Å². The van der Waals surface area contributed by atoms with Crippen molar-refractivity contribution in [1.82, 2.24) is 0 Å². The Balaban J connectivity index is 2.85. The van der Waals surface area contributed by atoms with Gasteiger partial charge >= 0.3 is 0 Å². The first kappa shape index (κ1) is 7.52. The van der Waals surface area contributed by atoms with Crippen LogP contribution in [0, 0.1) is 5.92 Å². The van der Waals surface area contributed by atoms with Gasteiger partial charge in [0, 0.05) is 5.71 Å². The maximum Gasteiger partial charge on any atom is 0.0537 e. The van der Waals surface area contributed by atoms with Crippen LogP contribution < -0.4 is 0 Å². The Morgan fingerprint density at radius 1 is 1.30 bits per heavy atom. The number of nitrogens with zero attached hydrogens (tertiary/aromatic N) is 1. The number of hydrogen-bond donors (Lipinski definition) is 0. The van der Waals surface area contributed by atoms with Gasteiger partial charge < -0.3 is 0 Å². The summed E-state index contributed by atoms with van der Waals surface area (Å²) in [5.74, 6) is 0.628. The third kappa shape index (κ3) is 1.28. The van der Waals surface area contributed by atoms with Crippen molar-refractivity contribution in [2.24, 2.45) is 10.9 Å². The normalized spacial score (nSPS) is 33.2. The molecule has 1 nitrogen and oxygen atoms in total. The van der Waals surface area contributed by atoms with Crippen molar-refractivity contribution < 1.29 is 0 Å². The molecule has 0 bridgehead atoms. The molecule has 2 atom stereocenters. The number of aliphatic imine (C=N–C) groups is 1. The Morgan fingerprint density at radius 3 is 2.40 bits per heavy atom. The highest BCUT2D eigenvalue weighted by Crippen LogP contribution is 2.20. The molecule has 0 saturated heterocycles. The summed E-state index contributed by atoms with van der Waals surface area (Å²) in [6.45, 7) is 8.64. The Kier molecular flexibility index (Phi) is 1.93. The van der Waals surface area contributed by atoms with Gasteiger partial charge in [0.2, 0.25) is 0 Å². The molecule has 1 heterocycles. The minimum absolute atomic E-state index is 0.477. The summed E-state index contributed by atoms with van der Waals surface area (Å²) in [6, 6.07) is 0.477. The van der Waals surface area contributed by atoms with Crippen LogP contribution >= 0.6 is 0 Å². The van der Waals surface area contributed by atoms with Crippen molar-refractivity contribution in [2.45, 2.75) is 33.7 Å². The molecular weight excluding hydrogens is 122 g/mol. The second kappa shape index (κ2) is 2.57. The van der Waals surface area contributed by atoms with E-state index in [2.05, 4.69) is 38.8 Å². The summed E-state index contributed by atoms with van der Waals surface area (Å²) in [4.78, 5) is 4.45. The molecule has 0 aromatic rings. The van der Waals surface area contributed by atoms with Crippen molar-refractivity contribution >= 4 is 5.71 Å². The van der Waals surface area contributed by atoms with E-state index in [0.717, 1.165) is 0 Å². The second-order valence-electron chi connectivity index (χ2n) is 3.19. The molecule has 0 aliphatic carbocycles. The summed E-state index contributed by atoms with van der Waals surface area (Å²) in [5, 5.41) is 0. The highest BCUT2D eigenvalue weighted by atomic mass is 14.8. The number of dihydropyridines is 1. The Labute approximate surface area is 62.9 Å². The van der Waals surface area contributed by atoms with E-state index < -0.39 is 0 Å². The molecule has 0 radical (unpaired) electrons. The number of hydrogen-bond acceptors (Lipinski definition) is 1. The SMILES string of the molecule is CC1=CC(C)=NC(C)[C@H]1C. The van der Waals surface area contributed by atoms with E-state index in [-0.39, 0.29) is 0 Å². The zero-order chi connectivity index (χ0) is 7.72. The minimum atomic E-state index is 0.477. The Hall–Kier alpha value is -0.590. The molecule has 0 saturated carbocycles. The zero-order valence-electron chi connectivity index (χ0n) is 7.18. The van der Waals surface area contributed by atoms with Gasteiger partial charge in [-0.2, -0.15) is 0 Å². The molecule has 1 heteroatoms. The van der Waals surface area contributed by atoms with Crippen molar-refractivity contribution in [3.8, 4) is 0 Å². The van der Waals surface area contributed by atoms with Crippen molar-refractivity contribution in [2.75, 3.05) is 0 Å². The molecule has 10 heavy (non-hydrogen) atoms. The maximum atomic E-state index is 4.45. The van der Waals surface area contributed by atoms with E-state index in [1.807, 2.05) is 0 Å². The Morgan fingerprint density at radius 2 is 1.90 bits per heavy atom. The van der Waals surface area contributed by atoms with Crippen LogP contribution in [0.25, 0.3) is 0 Å². The van der Waals surface area contributed by atoms with E-state index >= 15 is 0 Å². The summed E-state index contributed by atoms with van der Waals surface area (Å²) >= 11 is 0. The van der Waals surface area contributed by atoms with Gasteiger partial charge in [-0.05, 0) is 32.8 Å². The summed E-state index contributed by atoms with van der Waals surface area (Å²) in [7, 11) is 0. The van der Waals surface area contributed by atoms with Gasteiger partial charge in [0.1, 0.15) is 0 Å². The number of allylic oxidation sites excluding steroid dienone is 1. The summed E-state index contributed by atoms with van der Waals surface area (Å²) in [5.41, 5.74) is 2.63. The fourth-order valence-corrected chi connectivity index (χ4v) is 1.31. The van der Waals surface area contributed by atoms with E-state index in [0.29, 0.717) is 12.0 Å². The lowest BCUT2D eigenvalue weighted by atomic mass is 9.92. The highest BCUT2D eigenvalue weighted by molar-refractivity contribution is 5.94. The molecule has 1 aliphatic rings. The zero-order valence-corrected chi connectivity index (χ0v) is 7.18. The van der Waals surface area contributed by atoms with E-state index in [1.165, 1.54) is 11.3 Å². The van der Waals surface area contributed by atoms with Gasteiger partial charge in [-0.3, -0.25) is 4.99 Å². The van der Waals surface area contributed by atoms with Crippen LogP contribution in [0.2, 0.25) is 0 Å². The first-order valence-corrected chi connectivity index (χ1v) is 3.84. The maximum absolute atomic E-state index is 4.45. The molecule has 0 fully saturated rings. The van der Waals surface area contributed by atoms with Crippen molar-refractivity contribution in [3.05, 3.63) is 11.6 Å². The fraction of sp³-hybridized carbons (Fsp3) is 0.667. The topological polar surface area (TPSA) is 12.4 Å². The van der Waals surface area contributed by atoms with Gasteiger partial charge in [-0.1, -0.05) is 12.5 Å². The third-order valence-electron chi connectivity index (χ3n) is 2.29. The van der Waals surface area contributed by atoms with Gasteiger partial charge in [0.15, 0.2) is 0 Å². The summed E-state index contributed by atoms with van der Waals surface area (Å²) in [6.07, 6.45) is 2.17. The predicted octanol–water partition coefficient (Wildman–Crippen LogP) is 2.43. The molecule has 0 N–H and O–H groups in total. The molecule has 1 unspecified atom stereocenters. The van der Waals surface area contributed by atoms with E-state index in [1.54, 1.807) is 0 Å². The van der Waals surface area contributed by atoms with Crippen molar-refractivity contribution in [3.63, 3.8) is 0 Å². The monoisotopic (exact) mass is 137 g/mol. The molecule has 0 aromatic heterocycles. The molecule has 0 spiro atoms. The van der Waals surface area contributed by atoms with Crippen LogP contribution in [-0.2, 0) is 0 Å². The van der Waals surface area contributed by atoms with Gasteiger partial charge in [-0.25, -0.2) is 0 Å². The van der Waals surface area contributed by atoms with Crippen LogP contribution in [0.5, 0.6) is 0 Å². The molecule has 1 rings (SSSR count). The van der Waals surface area contributed by atoms with Gasteiger partial charge in [0.25, 0.3) is 0 Å². The summed E-state index contributed by atoms with van der Waals surface area (Å²) < 4.78 is 0. The quantitative estimate of drug-likeness (QED) is 0.486. The average Bonchev–Trinajstić information content (AvgIpc) is 1.82. The van der Waals surface area contributed by atoms with Crippen LogP contribution in [0.3, 0.4) is 0 Å². The van der Waals surface area contributed by atoms with Gasteiger partial charge in [-0.15, -0.1) is 0 Å². The minimum Gasteiger partial charge on any atom is -0.286 e. The first-order chi connectivity index (χ1) is 4.61. The second-order valence-corrected chi connectivity index (χ2v) is 3.19. The van der Waals surface area contributed by atoms with Crippen LogP contribution in [-0.4, -0.2) is 11.8 Å². The predicted molar refractivity (Wildman–Crippen MR) is 45.5 cm³/mol. The first-order valence-electron chi connectivity index (χ1n) is 3.84. The molecule has 1 aliphatic heterocycles. The molecule has 56 valence electrons. The smallest absolute Gasteiger partial charge is 0.0537 e. The number of rotatable bonds is 0. The van der Waals surface area contributed by atoms with E-state index in [9.17, 15) is 0 Å². The Bertz CT molecular complexity index is 189. The van der Waals surface area contributed by atoms with Crippen LogP contribution in [0.15, 0.2) is 16.6 Å². The van der Waals surface area contributed by atoms with Crippen LogP contribution in [0.4, 0.5) is 0 Å². The van der Waals surface area contributed by atoms with Crippen LogP contribution in [0.1, 0.15) is 27.7 Å².